The van der Waals surface area contributed by atoms with Crippen molar-refractivity contribution in [2.45, 2.75) is 12.8 Å². The van der Waals surface area contributed by atoms with Crippen LogP contribution < -0.4 is 5.32 Å². The minimum absolute atomic E-state index is 0.0517. The third kappa shape index (κ3) is 3.78. The van der Waals surface area contributed by atoms with Gasteiger partial charge in [-0.25, -0.2) is 9.97 Å². The van der Waals surface area contributed by atoms with Crippen LogP contribution in [-0.2, 0) is 11.2 Å². The number of anilines is 1. The van der Waals surface area contributed by atoms with Gasteiger partial charge in [-0.3, -0.25) is 4.79 Å². The Morgan fingerprint density at radius 3 is 2.50 bits per heavy atom. The zero-order chi connectivity index (χ0) is 17.8. The second-order valence-electron chi connectivity index (χ2n) is 5.92. The Hall–Kier alpha value is -3.05. The summed E-state index contributed by atoms with van der Waals surface area (Å²) in [7, 11) is 0. The largest absolute Gasteiger partial charge is 0.311 e. The van der Waals surface area contributed by atoms with E-state index < -0.39 is 0 Å². The molecule has 4 nitrogen and oxygen atoms in total. The van der Waals surface area contributed by atoms with Crippen molar-refractivity contribution in [1.29, 1.82) is 0 Å². The van der Waals surface area contributed by atoms with Gasteiger partial charge in [-0.2, -0.15) is 0 Å². The van der Waals surface area contributed by atoms with Gasteiger partial charge in [-0.1, -0.05) is 42.5 Å². The lowest BCUT2D eigenvalue weighted by atomic mass is 10.1. The van der Waals surface area contributed by atoms with Crippen LogP contribution in [0, 0.1) is 0 Å². The summed E-state index contributed by atoms with van der Waals surface area (Å²) in [5, 5.41) is 3.83. The van der Waals surface area contributed by atoms with Crippen LogP contribution in [-0.4, -0.2) is 15.9 Å². The van der Waals surface area contributed by atoms with E-state index in [4.69, 9.17) is 0 Å². The van der Waals surface area contributed by atoms with Crippen molar-refractivity contribution in [3.63, 3.8) is 0 Å². The summed E-state index contributed by atoms with van der Waals surface area (Å²) < 4.78 is 1.15. The first-order chi connectivity index (χ1) is 12.8. The van der Waals surface area contributed by atoms with Gasteiger partial charge in [-0.05, 0) is 29.8 Å². The first-order valence-electron chi connectivity index (χ1n) is 8.44. The number of rotatable bonds is 5. The molecule has 0 atom stereocenters. The Balaban J connectivity index is 1.35. The van der Waals surface area contributed by atoms with Crippen molar-refractivity contribution in [3.8, 4) is 11.1 Å². The molecule has 5 heteroatoms. The Kier molecular flexibility index (Phi) is 4.71. The predicted octanol–water partition coefficient (Wildman–Crippen LogP) is 4.93. The lowest BCUT2D eigenvalue weighted by Crippen LogP contribution is -2.13. The summed E-state index contributed by atoms with van der Waals surface area (Å²) in [6, 6.07) is 21.9. The van der Waals surface area contributed by atoms with Crippen molar-refractivity contribution in [3.05, 3.63) is 77.9 Å². The number of amides is 1. The maximum absolute atomic E-state index is 12.2. The van der Waals surface area contributed by atoms with Gasteiger partial charge in [0.1, 0.15) is 5.82 Å². The number of hydrogen-bond acceptors (Lipinski definition) is 4. The van der Waals surface area contributed by atoms with Crippen LogP contribution in [0.2, 0.25) is 0 Å². The molecule has 0 radical (unpaired) electrons. The number of aromatic nitrogens is 2. The first-order valence-corrected chi connectivity index (χ1v) is 9.25. The summed E-state index contributed by atoms with van der Waals surface area (Å²) in [6.07, 6.45) is 2.80. The lowest BCUT2D eigenvalue weighted by Gasteiger charge is -2.05. The molecule has 26 heavy (non-hydrogen) atoms. The fraction of sp³-hybridized carbons (Fsp3) is 0.0952. The molecule has 0 fully saturated rings. The van der Waals surface area contributed by atoms with Crippen LogP contribution in [0.25, 0.3) is 21.3 Å². The van der Waals surface area contributed by atoms with E-state index in [0.29, 0.717) is 18.7 Å². The fourth-order valence-electron chi connectivity index (χ4n) is 2.72. The number of thiazole rings is 1. The van der Waals surface area contributed by atoms with Crippen molar-refractivity contribution in [1.82, 2.24) is 9.97 Å². The summed E-state index contributed by atoms with van der Waals surface area (Å²) in [6.45, 7) is 0. The standard InChI is InChI=1S/C21H17N3OS/c25-20(12-13-21-23-17-8-4-5-9-18(17)26-21)24-19-11-10-16(14-22-19)15-6-2-1-3-7-15/h1-11,14H,12-13H2,(H,22,24,25). The molecule has 0 unspecified atom stereocenters. The zero-order valence-electron chi connectivity index (χ0n) is 14.1. The van der Waals surface area contributed by atoms with Crippen LogP contribution in [0.15, 0.2) is 72.9 Å². The number of aryl methyl sites for hydroxylation is 1. The van der Waals surface area contributed by atoms with Crippen LogP contribution in [0.3, 0.4) is 0 Å². The lowest BCUT2D eigenvalue weighted by molar-refractivity contribution is -0.116. The number of hydrogen-bond donors (Lipinski definition) is 1. The highest BCUT2D eigenvalue weighted by Crippen LogP contribution is 2.23. The average molecular weight is 359 g/mol. The molecule has 2 heterocycles. The Morgan fingerprint density at radius 2 is 1.73 bits per heavy atom. The highest BCUT2D eigenvalue weighted by molar-refractivity contribution is 7.18. The van der Waals surface area contributed by atoms with Gasteiger partial charge in [0, 0.05) is 24.6 Å². The molecule has 2 aromatic heterocycles. The number of benzene rings is 2. The van der Waals surface area contributed by atoms with Gasteiger partial charge in [0.25, 0.3) is 0 Å². The topological polar surface area (TPSA) is 54.9 Å². The van der Waals surface area contributed by atoms with E-state index in [9.17, 15) is 4.79 Å². The van der Waals surface area contributed by atoms with Gasteiger partial charge >= 0.3 is 0 Å². The predicted molar refractivity (Wildman–Crippen MR) is 106 cm³/mol. The summed E-state index contributed by atoms with van der Waals surface area (Å²) >= 11 is 1.64. The molecule has 0 aliphatic rings. The normalized spacial score (nSPS) is 10.8. The molecule has 0 aliphatic carbocycles. The molecule has 2 aromatic carbocycles. The van der Waals surface area contributed by atoms with Crippen LogP contribution in [0.5, 0.6) is 0 Å². The summed E-state index contributed by atoms with van der Waals surface area (Å²) in [5.74, 6) is 0.517. The third-order valence-electron chi connectivity index (χ3n) is 4.04. The SMILES string of the molecule is O=C(CCc1nc2ccccc2s1)Nc1ccc(-c2ccccc2)cn1. The molecule has 1 N–H and O–H groups in total. The van der Waals surface area contributed by atoms with E-state index in [-0.39, 0.29) is 5.91 Å². The van der Waals surface area contributed by atoms with E-state index in [0.717, 1.165) is 26.4 Å². The maximum Gasteiger partial charge on any atom is 0.225 e. The zero-order valence-corrected chi connectivity index (χ0v) is 14.9. The molecule has 1 amide bonds. The molecule has 0 saturated heterocycles. The van der Waals surface area contributed by atoms with Gasteiger partial charge in [-0.15, -0.1) is 11.3 Å². The van der Waals surface area contributed by atoms with Gasteiger partial charge in [0.15, 0.2) is 0 Å². The molecule has 0 saturated carbocycles. The smallest absolute Gasteiger partial charge is 0.225 e. The van der Waals surface area contributed by atoms with E-state index in [2.05, 4.69) is 21.4 Å². The van der Waals surface area contributed by atoms with Crippen LogP contribution >= 0.6 is 11.3 Å². The average Bonchev–Trinajstić information content (AvgIpc) is 3.11. The van der Waals surface area contributed by atoms with Crippen molar-refractivity contribution in [2.24, 2.45) is 0 Å². The van der Waals surface area contributed by atoms with Crippen molar-refractivity contribution in [2.75, 3.05) is 5.32 Å². The molecule has 0 spiro atoms. The second-order valence-corrected chi connectivity index (χ2v) is 7.04. The molecular weight excluding hydrogens is 342 g/mol. The highest BCUT2D eigenvalue weighted by Gasteiger charge is 2.08. The maximum atomic E-state index is 12.2. The second kappa shape index (κ2) is 7.45. The molecule has 128 valence electrons. The van der Waals surface area contributed by atoms with Crippen LogP contribution in [0.4, 0.5) is 5.82 Å². The van der Waals surface area contributed by atoms with Gasteiger partial charge in [0.2, 0.25) is 5.91 Å². The van der Waals surface area contributed by atoms with Crippen LogP contribution in [0.1, 0.15) is 11.4 Å². The fourth-order valence-corrected chi connectivity index (χ4v) is 3.69. The minimum atomic E-state index is -0.0517. The number of carbonyl (C=O) groups is 1. The van der Waals surface area contributed by atoms with E-state index in [1.807, 2.05) is 60.7 Å². The van der Waals surface area contributed by atoms with E-state index in [1.54, 1.807) is 17.5 Å². The Bertz CT molecular complexity index is 993. The van der Waals surface area contributed by atoms with Crippen molar-refractivity contribution < 1.29 is 4.79 Å². The Morgan fingerprint density at radius 1 is 0.923 bits per heavy atom. The molecular formula is C21H17N3OS. The number of nitrogens with one attached hydrogen (secondary N) is 1. The van der Waals surface area contributed by atoms with Crippen molar-refractivity contribution >= 4 is 33.3 Å². The monoisotopic (exact) mass is 359 g/mol. The number of para-hydroxylation sites is 1. The third-order valence-corrected chi connectivity index (χ3v) is 5.14. The molecule has 0 aliphatic heterocycles. The molecule has 4 rings (SSSR count). The number of pyridine rings is 1. The van der Waals surface area contributed by atoms with E-state index >= 15 is 0 Å². The number of fused-ring (bicyclic) bond motifs is 1. The van der Waals surface area contributed by atoms with Gasteiger partial charge < -0.3 is 5.32 Å². The Labute approximate surface area is 155 Å². The number of carbonyl (C=O) groups excluding carboxylic acids is 1. The highest BCUT2D eigenvalue weighted by atomic mass is 32.1. The first kappa shape index (κ1) is 16.4. The summed E-state index contributed by atoms with van der Waals surface area (Å²) in [5.41, 5.74) is 3.12. The molecule has 0 bridgehead atoms. The minimum Gasteiger partial charge on any atom is -0.311 e. The molecule has 4 aromatic rings. The van der Waals surface area contributed by atoms with E-state index in [1.165, 1.54) is 0 Å². The quantitative estimate of drug-likeness (QED) is 0.550. The summed E-state index contributed by atoms with van der Waals surface area (Å²) in [4.78, 5) is 21.1. The van der Waals surface area contributed by atoms with Gasteiger partial charge in [0.05, 0.1) is 15.2 Å². The number of nitrogens with zero attached hydrogens (tertiary/aromatic N) is 2.